The number of thiophene rings is 1. The molecule has 4 aromatic heterocycles. The maximum Gasteiger partial charge on any atom is 0.256 e. The topological polar surface area (TPSA) is 118 Å². The van der Waals surface area contributed by atoms with Crippen molar-refractivity contribution in [1.29, 1.82) is 5.26 Å². The van der Waals surface area contributed by atoms with Crippen LogP contribution in [0.5, 0.6) is 5.75 Å². The van der Waals surface area contributed by atoms with Crippen molar-refractivity contribution in [2.75, 3.05) is 0 Å². The molecule has 0 saturated carbocycles. The van der Waals surface area contributed by atoms with Crippen molar-refractivity contribution in [3.8, 4) is 11.8 Å². The van der Waals surface area contributed by atoms with Gasteiger partial charge in [-0.15, -0.1) is 11.3 Å². The molecule has 154 valence electrons. The Kier molecular flexibility index (Phi) is 3.95. The summed E-state index contributed by atoms with van der Waals surface area (Å²) in [5, 5.41) is 10.6. The Morgan fingerprint density at radius 3 is 2.97 bits per heavy atom. The largest absolute Gasteiger partial charge is 0.472 e. The molecule has 1 unspecified atom stereocenters. The van der Waals surface area contributed by atoms with Crippen molar-refractivity contribution in [3.63, 3.8) is 0 Å². The number of furan rings is 1. The van der Waals surface area contributed by atoms with E-state index < -0.39 is 5.92 Å². The molecule has 0 radical (unpaired) electrons. The summed E-state index contributed by atoms with van der Waals surface area (Å²) >= 11 is 1.48. The number of rotatable bonds is 1. The number of hydrogen-bond acceptors (Lipinski definition) is 7. The number of nitrogens with zero attached hydrogens (tertiary/aromatic N) is 2. The van der Waals surface area contributed by atoms with E-state index in [-0.39, 0.29) is 17.0 Å². The van der Waals surface area contributed by atoms with Gasteiger partial charge in [0.2, 0.25) is 5.88 Å². The van der Waals surface area contributed by atoms with Gasteiger partial charge in [-0.05, 0) is 43.4 Å². The van der Waals surface area contributed by atoms with Crippen LogP contribution in [0.3, 0.4) is 0 Å². The highest BCUT2D eigenvalue weighted by atomic mass is 32.1. The van der Waals surface area contributed by atoms with Crippen LogP contribution in [0.25, 0.3) is 20.4 Å². The first-order valence-corrected chi connectivity index (χ1v) is 11.1. The number of allylic oxidation sites excluding steroid dienone is 1. The number of nitrogens with two attached hydrogens (primary N) is 1. The van der Waals surface area contributed by atoms with Crippen LogP contribution in [0, 0.1) is 11.3 Å². The van der Waals surface area contributed by atoms with E-state index in [1.54, 1.807) is 6.07 Å². The number of nitriles is 1. The highest BCUT2D eigenvalue weighted by Gasteiger charge is 2.36. The van der Waals surface area contributed by atoms with Crippen LogP contribution in [0.15, 0.2) is 45.3 Å². The summed E-state index contributed by atoms with van der Waals surface area (Å²) in [6.07, 6.45) is 8.54. The van der Waals surface area contributed by atoms with Gasteiger partial charge in [-0.1, -0.05) is 6.42 Å². The quantitative estimate of drug-likeness (QED) is 0.437. The van der Waals surface area contributed by atoms with Gasteiger partial charge < -0.3 is 19.9 Å². The maximum absolute atomic E-state index is 13.3. The van der Waals surface area contributed by atoms with Crippen LogP contribution in [-0.4, -0.2) is 9.97 Å². The van der Waals surface area contributed by atoms with E-state index in [1.165, 1.54) is 35.8 Å². The van der Waals surface area contributed by atoms with Crippen LogP contribution in [0.2, 0.25) is 0 Å². The number of nitrogens with one attached hydrogen (secondary N) is 1. The third kappa shape index (κ3) is 2.63. The Morgan fingerprint density at radius 2 is 2.16 bits per heavy atom. The molecule has 7 nitrogen and oxygen atoms in total. The lowest BCUT2D eigenvalue weighted by Gasteiger charge is -2.24. The van der Waals surface area contributed by atoms with E-state index in [9.17, 15) is 10.1 Å². The van der Waals surface area contributed by atoms with E-state index in [1.807, 2.05) is 0 Å². The molecular formula is C23H18N4O3S. The molecule has 1 aliphatic heterocycles. The van der Waals surface area contributed by atoms with Crippen molar-refractivity contribution in [3.05, 3.63) is 68.9 Å². The molecule has 0 fully saturated rings. The molecule has 2 aliphatic rings. The third-order valence-electron chi connectivity index (χ3n) is 6.20. The summed E-state index contributed by atoms with van der Waals surface area (Å²) in [7, 11) is 0. The van der Waals surface area contributed by atoms with E-state index in [4.69, 9.17) is 19.9 Å². The van der Waals surface area contributed by atoms with Gasteiger partial charge in [0.25, 0.3) is 5.56 Å². The number of aryl methyl sites for hydroxylation is 2. The minimum Gasteiger partial charge on any atom is -0.472 e. The molecule has 1 aliphatic carbocycles. The Labute approximate surface area is 180 Å². The first kappa shape index (κ1) is 18.2. The average Bonchev–Trinajstić information content (AvgIpc) is 3.34. The molecule has 5 heterocycles. The summed E-state index contributed by atoms with van der Waals surface area (Å²) in [6.45, 7) is 0. The van der Waals surface area contributed by atoms with Crippen LogP contribution >= 0.6 is 11.3 Å². The molecule has 31 heavy (non-hydrogen) atoms. The zero-order chi connectivity index (χ0) is 21.1. The van der Waals surface area contributed by atoms with Gasteiger partial charge in [0.15, 0.2) is 5.75 Å². The minimum absolute atomic E-state index is 0.00861. The summed E-state index contributed by atoms with van der Waals surface area (Å²) in [5.74, 6) is -0.232. The maximum atomic E-state index is 13.3. The normalized spacial score (nSPS) is 18.4. The predicted octanol–water partition coefficient (Wildman–Crippen LogP) is 4.22. The van der Waals surface area contributed by atoms with Gasteiger partial charge in [0.05, 0.1) is 34.2 Å². The lowest BCUT2D eigenvalue weighted by atomic mass is 9.85. The highest BCUT2D eigenvalue weighted by molar-refractivity contribution is 7.25. The second-order valence-electron chi connectivity index (χ2n) is 7.99. The fourth-order valence-corrected chi connectivity index (χ4v) is 5.84. The standard InChI is InChI=1S/C23H18N4O3S/c24-9-14-16(12-6-7-29-10-12)17-19(30-21(14)25)20-18(27-22(17)28)13-8-11-4-2-1-3-5-15(11)26-23(13)31-20/h6-8,10,16H,1-5,25H2,(H,27,28). The molecule has 3 N–H and O–H groups in total. The van der Waals surface area contributed by atoms with Crippen molar-refractivity contribution in [1.82, 2.24) is 9.97 Å². The number of ether oxygens (including phenoxy) is 1. The molecule has 4 aromatic rings. The molecule has 1 atom stereocenters. The molecule has 0 bridgehead atoms. The smallest absolute Gasteiger partial charge is 0.256 e. The second kappa shape index (κ2) is 6.72. The summed E-state index contributed by atoms with van der Waals surface area (Å²) in [5.41, 5.74) is 10.2. The summed E-state index contributed by atoms with van der Waals surface area (Å²) in [6, 6.07) is 6.00. The number of hydrogen-bond donors (Lipinski definition) is 2. The first-order valence-electron chi connectivity index (χ1n) is 10.3. The molecule has 0 amide bonds. The average molecular weight is 430 g/mol. The Morgan fingerprint density at radius 1 is 1.29 bits per heavy atom. The zero-order valence-corrected chi connectivity index (χ0v) is 17.3. The van der Waals surface area contributed by atoms with E-state index in [0.29, 0.717) is 22.4 Å². The van der Waals surface area contributed by atoms with Crippen LogP contribution < -0.4 is 16.0 Å². The number of aromatic amines is 1. The Balaban J connectivity index is 1.66. The fraction of sp³-hybridized carbons (Fsp3) is 0.261. The van der Waals surface area contributed by atoms with Crippen molar-refractivity contribution < 1.29 is 9.15 Å². The number of pyridine rings is 2. The molecule has 0 saturated heterocycles. The Bertz CT molecular complexity index is 1490. The van der Waals surface area contributed by atoms with Crippen molar-refractivity contribution >= 4 is 31.8 Å². The van der Waals surface area contributed by atoms with Gasteiger partial charge in [0, 0.05) is 16.6 Å². The van der Waals surface area contributed by atoms with Gasteiger partial charge in [-0.25, -0.2) is 4.98 Å². The molecular weight excluding hydrogens is 412 g/mol. The van der Waals surface area contributed by atoms with Gasteiger partial charge in [0.1, 0.15) is 16.5 Å². The summed E-state index contributed by atoms with van der Waals surface area (Å²) < 4.78 is 11.9. The molecule has 6 rings (SSSR count). The number of fused-ring (bicyclic) bond motifs is 6. The van der Waals surface area contributed by atoms with Crippen LogP contribution in [-0.2, 0) is 12.8 Å². The van der Waals surface area contributed by atoms with Crippen molar-refractivity contribution in [2.45, 2.75) is 38.0 Å². The third-order valence-corrected chi connectivity index (χ3v) is 7.29. The lowest BCUT2D eigenvalue weighted by Crippen LogP contribution is -2.27. The minimum atomic E-state index is -0.643. The predicted molar refractivity (Wildman–Crippen MR) is 117 cm³/mol. The van der Waals surface area contributed by atoms with Crippen LogP contribution in [0.1, 0.15) is 47.6 Å². The van der Waals surface area contributed by atoms with Crippen molar-refractivity contribution in [2.24, 2.45) is 5.73 Å². The summed E-state index contributed by atoms with van der Waals surface area (Å²) in [4.78, 5) is 22.1. The van der Waals surface area contributed by atoms with E-state index in [2.05, 4.69) is 17.1 Å². The van der Waals surface area contributed by atoms with E-state index >= 15 is 0 Å². The first-order chi connectivity index (χ1) is 15.2. The van der Waals surface area contributed by atoms with Crippen LogP contribution in [0.4, 0.5) is 0 Å². The lowest BCUT2D eigenvalue weighted by molar-refractivity contribution is 0.397. The van der Waals surface area contributed by atoms with E-state index in [0.717, 1.165) is 46.3 Å². The zero-order valence-electron chi connectivity index (χ0n) is 16.5. The van der Waals surface area contributed by atoms with Gasteiger partial charge >= 0.3 is 0 Å². The Hall–Kier alpha value is -3.57. The fourth-order valence-electron chi connectivity index (χ4n) is 4.72. The number of H-pyrrole nitrogens is 1. The second-order valence-corrected chi connectivity index (χ2v) is 8.99. The van der Waals surface area contributed by atoms with Gasteiger partial charge in [-0.2, -0.15) is 5.26 Å². The molecule has 8 heteroatoms. The molecule has 0 spiro atoms. The SMILES string of the molecule is N#CC1=C(N)Oc2c(c(=O)[nH]c3c2sc2nc4c(cc23)CCCCC4)C1c1ccoc1. The monoisotopic (exact) mass is 430 g/mol. The number of aromatic nitrogens is 2. The highest BCUT2D eigenvalue weighted by Crippen LogP contribution is 2.46. The van der Waals surface area contributed by atoms with Gasteiger partial charge in [-0.3, -0.25) is 4.79 Å². The molecule has 0 aromatic carbocycles.